The predicted octanol–water partition coefficient (Wildman–Crippen LogP) is 5.73. The average molecular weight is 485 g/mol. The lowest BCUT2D eigenvalue weighted by atomic mass is 10.0. The Balaban J connectivity index is 1.95. The molecule has 0 aliphatic carbocycles. The molecule has 0 spiro atoms. The molecule has 0 saturated heterocycles. The van der Waals surface area contributed by atoms with E-state index in [1.807, 2.05) is 45.0 Å². The van der Waals surface area contributed by atoms with Crippen molar-refractivity contribution in [2.45, 2.75) is 45.1 Å². The quantitative estimate of drug-likeness (QED) is 0.444. The molecule has 0 unspecified atom stereocenters. The molecule has 3 rings (SSSR count). The Morgan fingerprint density at radius 2 is 1.52 bits per heavy atom. The molecule has 1 N–H and O–H groups in total. The van der Waals surface area contributed by atoms with E-state index in [4.69, 9.17) is 11.6 Å². The van der Waals surface area contributed by atoms with Gasteiger partial charge in [0.25, 0.3) is 10.0 Å². The molecule has 3 aromatic rings. The van der Waals surface area contributed by atoms with E-state index in [9.17, 15) is 13.2 Å². The molecule has 7 heteroatoms. The van der Waals surface area contributed by atoms with Gasteiger partial charge in [0.2, 0.25) is 5.91 Å². The Bertz CT molecular complexity index is 1220. The van der Waals surface area contributed by atoms with E-state index in [-0.39, 0.29) is 17.5 Å². The topological polar surface area (TPSA) is 66.5 Å². The zero-order valence-corrected chi connectivity index (χ0v) is 20.9. The van der Waals surface area contributed by atoms with Crippen LogP contribution >= 0.6 is 11.6 Å². The number of amides is 1. The van der Waals surface area contributed by atoms with E-state index >= 15 is 0 Å². The maximum absolute atomic E-state index is 13.6. The lowest BCUT2D eigenvalue weighted by Gasteiger charge is -2.27. The molecule has 3 aromatic carbocycles. The normalized spacial score (nSPS) is 12.3. The van der Waals surface area contributed by atoms with Crippen molar-refractivity contribution < 1.29 is 13.2 Å². The van der Waals surface area contributed by atoms with Gasteiger partial charge in [-0.3, -0.25) is 9.10 Å². The van der Waals surface area contributed by atoms with Gasteiger partial charge >= 0.3 is 0 Å². The third-order valence-electron chi connectivity index (χ3n) is 5.56. The minimum atomic E-state index is -4.00. The summed E-state index contributed by atoms with van der Waals surface area (Å²) in [4.78, 5) is 13.2. The summed E-state index contributed by atoms with van der Waals surface area (Å²) in [6, 6.07) is 19.3. The molecule has 0 aromatic heterocycles. The second-order valence-corrected chi connectivity index (χ2v) is 10.5. The Kier molecular flexibility index (Phi) is 7.82. The molecule has 0 radical (unpaired) electrons. The first-order chi connectivity index (χ1) is 15.6. The van der Waals surface area contributed by atoms with E-state index in [0.29, 0.717) is 22.7 Å². The summed E-state index contributed by atoms with van der Waals surface area (Å²) in [6.45, 7) is 7.30. The van der Waals surface area contributed by atoms with Gasteiger partial charge in [-0.25, -0.2) is 8.42 Å². The van der Waals surface area contributed by atoms with Crippen LogP contribution in [0.2, 0.25) is 5.02 Å². The average Bonchev–Trinajstić information content (AvgIpc) is 2.78. The summed E-state index contributed by atoms with van der Waals surface area (Å²) in [6.07, 6.45) is 0.676. The summed E-state index contributed by atoms with van der Waals surface area (Å²) < 4.78 is 28.4. The largest absolute Gasteiger partial charge is 0.348 e. The number of nitrogens with zero attached hydrogens (tertiary/aromatic N) is 1. The molecule has 0 bridgehead atoms. The zero-order valence-electron chi connectivity index (χ0n) is 19.3. The highest BCUT2D eigenvalue weighted by Crippen LogP contribution is 2.30. The lowest BCUT2D eigenvalue weighted by molar-refractivity contribution is -0.120. The number of hydrogen-bond acceptors (Lipinski definition) is 3. The van der Waals surface area contributed by atoms with Crippen LogP contribution in [0.3, 0.4) is 0 Å². The third-order valence-corrected chi connectivity index (χ3v) is 7.57. The first-order valence-electron chi connectivity index (χ1n) is 10.8. The number of nitrogens with one attached hydrogen (secondary N) is 1. The number of benzene rings is 3. The first kappa shape index (κ1) is 24.8. The Labute approximate surface area is 201 Å². The van der Waals surface area contributed by atoms with Crippen molar-refractivity contribution in [2.24, 2.45) is 0 Å². The van der Waals surface area contributed by atoms with Gasteiger partial charge in [0, 0.05) is 5.02 Å². The molecule has 33 heavy (non-hydrogen) atoms. The van der Waals surface area contributed by atoms with Crippen LogP contribution in [0.1, 0.15) is 41.6 Å². The molecule has 0 aliphatic heterocycles. The summed E-state index contributed by atoms with van der Waals surface area (Å²) in [5, 5.41) is 3.39. The van der Waals surface area contributed by atoms with E-state index < -0.39 is 15.9 Å². The van der Waals surface area contributed by atoms with Crippen molar-refractivity contribution in [3.05, 3.63) is 94.0 Å². The van der Waals surface area contributed by atoms with Gasteiger partial charge in [-0.1, -0.05) is 72.1 Å². The van der Waals surface area contributed by atoms with Gasteiger partial charge in [-0.2, -0.15) is 0 Å². The van der Waals surface area contributed by atoms with Gasteiger partial charge in [-0.15, -0.1) is 0 Å². The number of anilines is 1. The second-order valence-electron chi connectivity index (χ2n) is 8.19. The van der Waals surface area contributed by atoms with Crippen molar-refractivity contribution in [3.8, 4) is 0 Å². The molecule has 0 heterocycles. The Morgan fingerprint density at radius 1 is 0.939 bits per heavy atom. The number of aryl methyl sites for hydroxylation is 3. The zero-order chi connectivity index (χ0) is 24.2. The van der Waals surface area contributed by atoms with Crippen LogP contribution < -0.4 is 9.62 Å². The fourth-order valence-corrected chi connectivity index (χ4v) is 5.22. The smallest absolute Gasteiger partial charge is 0.264 e. The summed E-state index contributed by atoms with van der Waals surface area (Å²) in [5.41, 5.74) is 4.13. The van der Waals surface area contributed by atoms with Crippen LogP contribution in [0, 0.1) is 20.8 Å². The van der Waals surface area contributed by atoms with Crippen molar-refractivity contribution >= 4 is 33.2 Å². The van der Waals surface area contributed by atoms with Crippen molar-refractivity contribution in [3.63, 3.8) is 0 Å². The summed E-state index contributed by atoms with van der Waals surface area (Å²) in [5.74, 6) is -0.391. The number of sulfonamides is 1. The van der Waals surface area contributed by atoms with Gasteiger partial charge in [-0.05, 0) is 62.6 Å². The molecule has 0 aliphatic rings. The lowest BCUT2D eigenvalue weighted by Crippen LogP contribution is -2.42. The van der Waals surface area contributed by atoms with Crippen LogP contribution in [0.5, 0.6) is 0 Å². The molecule has 0 saturated carbocycles. The minimum absolute atomic E-state index is 0.117. The number of hydrogen-bond donors (Lipinski definition) is 1. The maximum atomic E-state index is 13.6. The molecule has 5 nitrogen and oxygen atoms in total. The fraction of sp³-hybridized carbons (Fsp3) is 0.269. The molecule has 174 valence electrons. The standard InChI is InChI=1S/C26H29ClN2O3S/c1-5-24(21-11-6-18(2)7-12-21)28-26(30)17-29(25-16-22(27)13-10-20(25)4)33(31,32)23-14-8-19(3)9-15-23/h6-16,24H,5,17H2,1-4H3,(H,28,30)/t24-/m0/s1. The fourth-order valence-electron chi connectivity index (χ4n) is 3.58. The second kappa shape index (κ2) is 10.4. The van der Waals surface area contributed by atoms with E-state index in [1.165, 1.54) is 0 Å². The van der Waals surface area contributed by atoms with E-state index in [1.54, 1.807) is 49.4 Å². The predicted molar refractivity (Wildman–Crippen MR) is 134 cm³/mol. The number of carbonyl (C=O) groups is 1. The molecule has 1 amide bonds. The number of rotatable bonds is 8. The minimum Gasteiger partial charge on any atom is -0.348 e. The van der Waals surface area contributed by atoms with Crippen LogP contribution in [0.25, 0.3) is 0 Å². The van der Waals surface area contributed by atoms with Crippen molar-refractivity contribution in [2.75, 3.05) is 10.8 Å². The molecular weight excluding hydrogens is 456 g/mol. The van der Waals surface area contributed by atoms with E-state index in [0.717, 1.165) is 21.0 Å². The highest BCUT2D eigenvalue weighted by Gasteiger charge is 2.29. The highest BCUT2D eigenvalue weighted by molar-refractivity contribution is 7.92. The Hall–Kier alpha value is -2.83. The van der Waals surface area contributed by atoms with E-state index in [2.05, 4.69) is 5.32 Å². The van der Waals surface area contributed by atoms with Crippen LogP contribution in [0.4, 0.5) is 5.69 Å². The van der Waals surface area contributed by atoms with Crippen molar-refractivity contribution in [1.82, 2.24) is 5.32 Å². The molecule has 1 atom stereocenters. The molecular formula is C26H29ClN2O3S. The SMILES string of the molecule is CC[C@H](NC(=O)CN(c1cc(Cl)ccc1C)S(=O)(=O)c1ccc(C)cc1)c1ccc(C)cc1. The van der Waals surface area contributed by atoms with Crippen LogP contribution in [0.15, 0.2) is 71.6 Å². The third kappa shape index (κ3) is 5.95. The highest BCUT2D eigenvalue weighted by atomic mass is 35.5. The van der Waals surface area contributed by atoms with Crippen LogP contribution in [-0.4, -0.2) is 20.9 Å². The van der Waals surface area contributed by atoms with Crippen LogP contribution in [-0.2, 0) is 14.8 Å². The summed E-state index contributed by atoms with van der Waals surface area (Å²) in [7, 11) is -4.00. The monoisotopic (exact) mass is 484 g/mol. The van der Waals surface area contributed by atoms with Gasteiger partial charge < -0.3 is 5.32 Å². The number of carbonyl (C=O) groups excluding carboxylic acids is 1. The molecule has 0 fully saturated rings. The van der Waals surface area contributed by atoms with Gasteiger partial charge in [0.1, 0.15) is 6.54 Å². The Morgan fingerprint density at radius 3 is 2.09 bits per heavy atom. The summed E-state index contributed by atoms with van der Waals surface area (Å²) >= 11 is 6.19. The van der Waals surface area contributed by atoms with Crippen molar-refractivity contribution in [1.29, 1.82) is 0 Å². The van der Waals surface area contributed by atoms with Gasteiger partial charge in [0.15, 0.2) is 0 Å². The van der Waals surface area contributed by atoms with Gasteiger partial charge in [0.05, 0.1) is 16.6 Å². The first-order valence-corrected chi connectivity index (χ1v) is 12.6. The number of halogens is 1. The maximum Gasteiger partial charge on any atom is 0.264 e.